The van der Waals surface area contributed by atoms with Crippen LogP contribution in [0.2, 0.25) is 0 Å². The highest BCUT2D eigenvalue weighted by Crippen LogP contribution is 2.19. The van der Waals surface area contributed by atoms with Crippen LogP contribution in [0.3, 0.4) is 0 Å². The fourth-order valence-corrected chi connectivity index (χ4v) is 1.61. The average Bonchev–Trinajstić information content (AvgIpc) is 2.43. The van der Waals surface area contributed by atoms with Crippen molar-refractivity contribution in [3.63, 3.8) is 0 Å². The summed E-state index contributed by atoms with van der Waals surface area (Å²) >= 11 is 0. The van der Waals surface area contributed by atoms with E-state index in [2.05, 4.69) is 10.3 Å². The second-order valence-corrected chi connectivity index (χ2v) is 4.35. The van der Waals surface area contributed by atoms with E-state index in [1.165, 1.54) is 24.4 Å². The van der Waals surface area contributed by atoms with Crippen LogP contribution in [-0.4, -0.2) is 25.0 Å². The van der Waals surface area contributed by atoms with Crippen molar-refractivity contribution in [2.75, 3.05) is 24.3 Å². The van der Waals surface area contributed by atoms with Gasteiger partial charge in [0.05, 0.1) is 0 Å². The summed E-state index contributed by atoms with van der Waals surface area (Å²) in [7, 11) is 3.56. The van der Waals surface area contributed by atoms with Crippen molar-refractivity contribution >= 4 is 17.4 Å². The van der Waals surface area contributed by atoms with Crippen molar-refractivity contribution in [2.24, 2.45) is 0 Å². The summed E-state index contributed by atoms with van der Waals surface area (Å²) in [6.07, 6.45) is 1.46. The average molecular weight is 277 g/mol. The van der Waals surface area contributed by atoms with Crippen LogP contribution in [0.5, 0.6) is 0 Å². The molecule has 0 bridgehead atoms. The Hall–Kier alpha value is -2.50. The van der Waals surface area contributed by atoms with Gasteiger partial charge in [-0.1, -0.05) is 6.07 Å². The standard InChI is InChI=1S/C14H13F2N3O/c1-19(2)12-8-9(6-7-17-12)14(20)18-13-10(15)4-3-5-11(13)16/h3-8H,1-2H3,(H,18,20). The number of amides is 1. The van der Waals surface area contributed by atoms with Crippen LogP contribution in [0.25, 0.3) is 0 Å². The van der Waals surface area contributed by atoms with Crippen LogP contribution in [0.15, 0.2) is 36.5 Å². The van der Waals surface area contributed by atoms with Crippen LogP contribution in [0.1, 0.15) is 10.4 Å². The van der Waals surface area contributed by atoms with Crippen molar-refractivity contribution in [3.8, 4) is 0 Å². The van der Waals surface area contributed by atoms with Gasteiger partial charge < -0.3 is 10.2 Å². The third-order valence-corrected chi connectivity index (χ3v) is 2.67. The van der Waals surface area contributed by atoms with Crippen LogP contribution < -0.4 is 10.2 Å². The number of carbonyl (C=O) groups excluding carboxylic acids is 1. The predicted octanol–water partition coefficient (Wildman–Crippen LogP) is 2.68. The zero-order valence-electron chi connectivity index (χ0n) is 11.0. The van der Waals surface area contributed by atoms with Crippen LogP contribution in [0, 0.1) is 11.6 Å². The Labute approximate surface area is 115 Å². The summed E-state index contributed by atoms with van der Waals surface area (Å²) < 4.78 is 26.9. The Morgan fingerprint density at radius 3 is 2.45 bits per heavy atom. The van der Waals surface area contributed by atoms with E-state index in [9.17, 15) is 13.6 Å². The molecule has 0 saturated heterocycles. The van der Waals surface area contributed by atoms with E-state index in [4.69, 9.17) is 0 Å². The predicted molar refractivity (Wildman–Crippen MR) is 72.9 cm³/mol. The maximum Gasteiger partial charge on any atom is 0.256 e. The fraction of sp³-hybridized carbons (Fsp3) is 0.143. The van der Waals surface area contributed by atoms with Crippen LogP contribution in [0.4, 0.5) is 20.3 Å². The number of nitrogens with zero attached hydrogens (tertiary/aromatic N) is 2. The van der Waals surface area contributed by atoms with E-state index >= 15 is 0 Å². The zero-order chi connectivity index (χ0) is 14.7. The van der Waals surface area contributed by atoms with Gasteiger partial charge in [0, 0.05) is 25.9 Å². The lowest BCUT2D eigenvalue weighted by Crippen LogP contribution is -2.16. The van der Waals surface area contributed by atoms with Crippen molar-refractivity contribution in [1.29, 1.82) is 0 Å². The topological polar surface area (TPSA) is 45.2 Å². The van der Waals surface area contributed by atoms with Crippen molar-refractivity contribution < 1.29 is 13.6 Å². The molecule has 4 nitrogen and oxygen atoms in total. The second-order valence-electron chi connectivity index (χ2n) is 4.35. The molecular weight excluding hydrogens is 264 g/mol. The smallest absolute Gasteiger partial charge is 0.256 e. The summed E-state index contributed by atoms with van der Waals surface area (Å²) in [5.41, 5.74) is -0.188. The Kier molecular flexibility index (Phi) is 3.93. The summed E-state index contributed by atoms with van der Waals surface area (Å²) in [5, 5.41) is 2.23. The minimum Gasteiger partial charge on any atom is -0.363 e. The third-order valence-electron chi connectivity index (χ3n) is 2.67. The van der Waals surface area contributed by atoms with Gasteiger partial charge in [-0.15, -0.1) is 0 Å². The lowest BCUT2D eigenvalue weighted by atomic mass is 10.2. The minimum absolute atomic E-state index is 0.270. The summed E-state index contributed by atoms with van der Waals surface area (Å²) in [6.45, 7) is 0. The van der Waals surface area contributed by atoms with E-state index < -0.39 is 23.2 Å². The molecule has 1 aromatic carbocycles. The fourth-order valence-electron chi connectivity index (χ4n) is 1.61. The summed E-state index contributed by atoms with van der Waals surface area (Å²) in [6, 6.07) is 6.40. The zero-order valence-corrected chi connectivity index (χ0v) is 11.0. The first-order valence-corrected chi connectivity index (χ1v) is 5.88. The van der Waals surface area contributed by atoms with Gasteiger partial charge in [0.2, 0.25) is 0 Å². The molecule has 0 radical (unpaired) electrons. The molecule has 1 aromatic heterocycles. The quantitative estimate of drug-likeness (QED) is 0.938. The lowest BCUT2D eigenvalue weighted by Gasteiger charge is -2.12. The molecule has 0 aliphatic carbocycles. The van der Waals surface area contributed by atoms with Gasteiger partial charge in [0.15, 0.2) is 0 Å². The molecule has 0 saturated carbocycles. The molecule has 0 spiro atoms. The van der Waals surface area contributed by atoms with Gasteiger partial charge in [-0.2, -0.15) is 0 Å². The molecule has 2 rings (SSSR count). The van der Waals surface area contributed by atoms with Crippen LogP contribution >= 0.6 is 0 Å². The van der Waals surface area contributed by atoms with Crippen LogP contribution in [-0.2, 0) is 0 Å². The van der Waals surface area contributed by atoms with Gasteiger partial charge in [-0.25, -0.2) is 13.8 Å². The molecule has 1 amide bonds. The van der Waals surface area contributed by atoms with E-state index in [-0.39, 0.29) is 5.56 Å². The molecule has 6 heteroatoms. The van der Waals surface area contributed by atoms with Gasteiger partial charge >= 0.3 is 0 Å². The second kappa shape index (κ2) is 5.64. The number of nitrogens with one attached hydrogen (secondary N) is 1. The highest BCUT2D eigenvalue weighted by atomic mass is 19.1. The Balaban J connectivity index is 2.26. The lowest BCUT2D eigenvalue weighted by molar-refractivity contribution is 0.102. The molecule has 0 aliphatic rings. The number of aromatic nitrogens is 1. The van der Waals surface area contributed by atoms with E-state index in [0.717, 1.165) is 12.1 Å². The molecule has 0 unspecified atom stereocenters. The molecule has 1 heterocycles. The molecular formula is C14H13F2N3O. The van der Waals surface area contributed by atoms with Crippen molar-refractivity contribution in [2.45, 2.75) is 0 Å². The number of anilines is 2. The van der Waals surface area contributed by atoms with E-state index in [1.54, 1.807) is 19.0 Å². The molecule has 0 atom stereocenters. The maximum atomic E-state index is 13.5. The first-order valence-electron chi connectivity index (χ1n) is 5.88. The molecule has 104 valence electrons. The normalized spacial score (nSPS) is 10.2. The Morgan fingerprint density at radius 1 is 1.20 bits per heavy atom. The first-order chi connectivity index (χ1) is 9.49. The number of rotatable bonds is 3. The Bertz CT molecular complexity index is 624. The summed E-state index contributed by atoms with van der Waals surface area (Å²) in [5.74, 6) is -1.66. The maximum absolute atomic E-state index is 13.5. The SMILES string of the molecule is CN(C)c1cc(C(=O)Nc2c(F)cccc2F)ccn1. The number of para-hydroxylation sites is 1. The van der Waals surface area contributed by atoms with E-state index in [1.807, 2.05) is 0 Å². The third kappa shape index (κ3) is 2.90. The molecule has 20 heavy (non-hydrogen) atoms. The molecule has 1 N–H and O–H groups in total. The largest absolute Gasteiger partial charge is 0.363 e. The number of carbonyl (C=O) groups is 1. The first kappa shape index (κ1) is 13.9. The van der Waals surface area contributed by atoms with Gasteiger partial charge in [0.25, 0.3) is 5.91 Å². The van der Waals surface area contributed by atoms with Crippen molar-refractivity contribution in [3.05, 3.63) is 53.7 Å². The Morgan fingerprint density at radius 2 is 1.85 bits per heavy atom. The molecule has 2 aromatic rings. The number of hydrogen-bond acceptors (Lipinski definition) is 3. The molecule has 0 aliphatic heterocycles. The minimum atomic E-state index is -0.819. The highest BCUT2D eigenvalue weighted by Gasteiger charge is 2.14. The number of benzene rings is 1. The summed E-state index contributed by atoms with van der Waals surface area (Å²) in [4.78, 5) is 17.8. The number of halogens is 2. The highest BCUT2D eigenvalue weighted by molar-refractivity contribution is 6.04. The van der Waals surface area contributed by atoms with E-state index in [0.29, 0.717) is 5.82 Å². The van der Waals surface area contributed by atoms with Gasteiger partial charge in [0.1, 0.15) is 23.1 Å². The van der Waals surface area contributed by atoms with Gasteiger partial charge in [-0.3, -0.25) is 4.79 Å². The van der Waals surface area contributed by atoms with Gasteiger partial charge in [-0.05, 0) is 24.3 Å². The number of pyridine rings is 1. The number of hydrogen-bond donors (Lipinski definition) is 1. The van der Waals surface area contributed by atoms with Crippen molar-refractivity contribution in [1.82, 2.24) is 4.98 Å². The molecule has 0 fully saturated rings. The monoisotopic (exact) mass is 277 g/mol.